The quantitative estimate of drug-likeness (QED) is 0.380. The lowest BCUT2D eigenvalue weighted by molar-refractivity contribution is -0.124. The zero-order chi connectivity index (χ0) is 22.2. The number of rotatable bonds is 7. The van der Waals surface area contributed by atoms with Crippen molar-refractivity contribution in [2.75, 3.05) is 6.54 Å². The van der Waals surface area contributed by atoms with Crippen LogP contribution in [0.1, 0.15) is 41.3 Å². The van der Waals surface area contributed by atoms with Crippen LogP contribution in [0.25, 0.3) is 6.08 Å². The molecule has 2 aromatic rings. The first-order valence-electron chi connectivity index (χ1n) is 9.81. The number of hydrogen-bond acceptors (Lipinski definition) is 6. The van der Waals surface area contributed by atoms with Gasteiger partial charge in [0.2, 0.25) is 5.91 Å². The second kappa shape index (κ2) is 10.8. The van der Waals surface area contributed by atoms with Gasteiger partial charge in [0, 0.05) is 25.4 Å². The highest BCUT2D eigenvalue weighted by Crippen LogP contribution is 2.32. The van der Waals surface area contributed by atoms with E-state index >= 15 is 0 Å². The predicted octanol–water partition coefficient (Wildman–Crippen LogP) is 3.09. The van der Waals surface area contributed by atoms with E-state index in [2.05, 4.69) is 22.8 Å². The van der Waals surface area contributed by atoms with Gasteiger partial charge in [0.25, 0.3) is 11.8 Å². The van der Waals surface area contributed by atoms with Crippen molar-refractivity contribution in [2.24, 2.45) is 0 Å². The standard InChI is InChI=1S/C22H22N4O3S2/c1-2-15-7-9-16(10-8-15)13-18-21(29)26(22(30)31-18)12-4-6-19(27)24-25-20(28)17-5-3-11-23-14-17/h3,5,7-11,13-14H,2,4,6,12H2,1H3,(H,24,27)(H,25,28)/b18-13+. The first-order chi connectivity index (χ1) is 15.0. The lowest BCUT2D eigenvalue weighted by atomic mass is 10.1. The van der Waals surface area contributed by atoms with Crippen molar-refractivity contribution < 1.29 is 14.4 Å². The van der Waals surface area contributed by atoms with Crippen molar-refractivity contribution in [3.8, 4) is 0 Å². The van der Waals surface area contributed by atoms with Crippen LogP contribution < -0.4 is 10.9 Å². The van der Waals surface area contributed by atoms with E-state index < -0.39 is 5.91 Å². The van der Waals surface area contributed by atoms with Crippen LogP contribution in [0.5, 0.6) is 0 Å². The lowest BCUT2D eigenvalue weighted by Gasteiger charge is -2.14. The molecule has 1 fully saturated rings. The Bertz CT molecular complexity index is 1010. The summed E-state index contributed by atoms with van der Waals surface area (Å²) in [7, 11) is 0. The van der Waals surface area contributed by atoms with E-state index in [1.165, 1.54) is 28.4 Å². The minimum atomic E-state index is -0.449. The van der Waals surface area contributed by atoms with Gasteiger partial charge in [0.15, 0.2) is 0 Å². The van der Waals surface area contributed by atoms with Crippen LogP contribution in [0, 0.1) is 0 Å². The zero-order valence-corrected chi connectivity index (χ0v) is 18.6. The van der Waals surface area contributed by atoms with Gasteiger partial charge in [-0.15, -0.1) is 0 Å². The molecule has 0 spiro atoms. The molecule has 2 N–H and O–H groups in total. The maximum absolute atomic E-state index is 12.7. The van der Waals surface area contributed by atoms with Gasteiger partial charge in [-0.2, -0.15) is 0 Å². The predicted molar refractivity (Wildman–Crippen MR) is 125 cm³/mol. The summed E-state index contributed by atoms with van der Waals surface area (Å²) in [5.74, 6) is -0.954. The highest BCUT2D eigenvalue weighted by atomic mass is 32.2. The summed E-state index contributed by atoms with van der Waals surface area (Å²) in [6, 6.07) is 11.3. The van der Waals surface area contributed by atoms with Gasteiger partial charge in [0.1, 0.15) is 4.32 Å². The monoisotopic (exact) mass is 454 g/mol. The van der Waals surface area contributed by atoms with E-state index in [0.29, 0.717) is 27.8 Å². The van der Waals surface area contributed by atoms with Crippen LogP contribution in [0.15, 0.2) is 53.7 Å². The van der Waals surface area contributed by atoms with E-state index in [1.807, 2.05) is 30.3 Å². The average Bonchev–Trinajstić information content (AvgIpc) is 3.05. The normalized spacial score (nSPS) is 14.7. The molecule has 9 heteroatoms. The van der Waals surface area contributed by atoms with Crippen LogP contribution in [-0.2, 0) is 16.0 Å². The minimum absolute atomic E-state index is 0.141. The summed E-state index contributed by atoms with van der Waals surface area (Å²) in [5, 5.41) is 0. The van der Waals surface area contributed by atoms with Crippen molar-refractivity contribution in [1.82, 2.24) is 20.7 Å². The second-order valence-corrected chi connectivity index (χ2v) is 8.45. The molecule has 1 aromatic heterocycles. The van der Waals surface area contributed by atoms with Crippen molar-refractivity contribution in [2.45, 2.75) is 26.2 Å². The van der Waals surface area contributed by atoms with Crippen LogP contribution in [0.3, 0.4) is 0 Å². The van der Waals surface area contributed by atoms with E-state index in [4.69, 9.17) is 12.2 Å². The van der Waals surface area contributed by atoms with Gasteiger partial charge < -0.3 is 0 Å². The molecule has 0 atom stereocenters. The Morgan fingerprint density at radius 1 is 1.19 bits per heavy atom. The van der Waals surface area contributed by atoms with Crippen molar-refractivity contribution in [3.05, 3.63) is 70.4 Å². The molecule has 0 unspecified atom stereocenters. The van der Waals surface area contributed by atoms with Gasteiger partial charge >= 0.3 is 0 Å². The van der Waals surface area contributed by atoms with Crippen molar-refractivity contribution in [3.63, 3.8) is 0 Å². The van der Waals surface area contributed by atoms with Crippen LogP contribution in [-0.4, -0.2) is 38.5 Å². The Labute approximate surface area is 190 Å². The molecule has 1 aliphatic rings. The van der Waals surface area contributed by atoms with Crippen molar-refractivity contribution >= 4 is 52.1 Å². The fourth-order valence-electron chi connectivity index (χ4n) is 2.85. The maximum Gasteiger partial charge on any atom is 0.271 e. The third-order valence-electron chi connectivity index (χ3n) is 4.58. The molecular weight excluding hydrogens is 432 g/mol. The molecule has 3 amide bonds. The molecule has 1 saturated heterocycles. The molecule has 3 rings (SSSR count). The molecule has 1 aliphatic heterocycles. The topological polar surface area (TPSA) is 91.4 Å². The molecule has 1 aromatic carbocycles. The number of nitrogens with one attached hydrogen (secondary N) is 2. The maximum atomic E-state index is 12.7. The molecule has 31 heavy (non-hydrogen) atoms. The lowest BCUT2D eigenvalue weighted by Crippen LogP contribution is -2.42. The molecule has 0 saturated carbocycles. The molecule has 7 nitrogen and oxygen atoms in total. The van der Waals surface area contributed by atoms with Gasteiger partial charge in [-0.1, -0.05) is 55.2 Å². The van der Waals surface area contributed by atoms with Gasteiger partial charge in [-0.3, -0.25) is 35.1 Å². The smallest absolute Gasteiger partial charge is 0.271 e. The average molecular weight is 455 g/mol. The highest BCUT2D eigenvalue weighted by molar-refractivity contribution is 8.26. The minimum Gasteiger partial charge on any atom is -0.293 e. The number of carbonyl (C=O) groups excluding carboxylic acids is 3. The molecule has 0 bridgehead atoms. The molecule has 2 heterocycles. The highest BCUT2D eigenvalue weighted by Gasteiger charge is 2.31. The van der Waals surface area contributed by atoms with Gasteiger partial charge in [-0.05, 0) is 42.2 Å². The fraction of sp³-hybridized carbons (Fsp3) is 0.227. The number of thioether (sulfide) groups is 1. The molecule has 0 radical (unpaired) electrons. The fourth-order valence-corrected chi connectivity index (χ4v) is 4.16. The third kappa shape index (κ3) is 6.22. The summed E-state index contributed by atoms with van der Waals surface area (Å²) in [6.45, 7) is 2.43. The summed E-state index contributed by atoms with van der Waals surface area (Å²) >= 11 is 6.60. The largest absolute Gasteiger partial charge is 0.293 e. The zero-order valence-electron chi connectivity index (χ0n) is 17.0. The Morgan fingerprint density at radius 2 is 1.97 bits per heavy atom. The number of hydrogen-bond donors (Lipinski definition) is 2. The van der Waals surface area contributed by atoms with Crippen LogP contribution in [0.4, 0.5) is 0 Å². The number of benzene rings is 1. The summed E-state index contributed by atoms with van der Waals surface area (Å²) in [5.41, 5.74) is 7.22. The Morgan fingerprint density at radius 3 is 2.65 bits per heavy atom. The van der Waals surface area contributed by atoms with Crippen molar-refractivity contribution in [1.29, 1.82) is 0 Å². The number of thiocarbonyl (C=S) groups is 1. The van der Waals surface area contributed by atoms with E-state index in [-0.39, 0.29) is 18.2 Å². The third-order valence-corrected chi connectivity index (χ3v) is 5.96. The summed E-state index contributed by atoms with van der Waals surface area (Å²) in [4.78, 5) is 42.5. The van der Waals surface area contributed by atoms with Gasteiger partial charge in [0.05, 0.1) is 10.5 Å². The Hall–Kier alpha value is -3.04. The van der Waals surface area contributed by atoms with E-state index in [9.17, 15) is 14.4 Å². The SMILES string of the molecule is CCc1ccc(/C=C2/SC(=S)N(CCCC(=O)NNC(=O)c3cccnc3)C2=O)cc1. The summed E-state index contributed by atoms with van der Waals surface area (Å²) in [6.07, 6.45) is 6.31. The van der Waals surface area contributed by atoms with Crippen LogP contribution >= 0.6 is 24.0 Å². The molecule has 0 aliphatic carbocycles. The Kier molecular flexibility index (Phi) is 7.91. The number of pyridine rings is 1. The van der Waals surface area contributed by atoms with Crippen LogP contribution in [0.2, 0.25) is 0 Å². The first kappa shape index (κ1) is 22.6. The Balaban J connectivity index is 1.46. The number of carbonyl (C=O) groups is 3. The van der Waals surface area contributed by atoms with Gasteiger partial charge in [-0.25, -0.2) is 0 Å². The number of aryl methyl sites for hydroxylation is 1. The van der Waals surface area contributed by atoms with E-state index in [0.717, 1.165) is 12.0 Å². The second-order valence-electron chi connectivity index (χ2n) is 6.78. The summed E-state index contributed by atoms with van der Waals surface area (Å²) < 4.78 is 0.478. The molecular formula is C22H22N4O3S2. The number of aromatic nitrogens is 1. The number of nitrogens with zero attached hydrogens (tertiary/aromatic N) is 2. The van der Waals surface area contributed by atoms with E-state index in [1.54, 1.807) is 18.3 Å². The first-order valence-corrected chi connectivity index (χ1v) is 11.0. The molecule has 160 valence electrons. The number of hydrazine groups is 1. The number of amides is 3.